The average molecular weight is 351 g/mol. The Hall–Kier alpha value is -1.92. The molecule has 25 heavy (non-hydrogen) atoms. The highest BCUT2D eigenvalue weighted by Crippen LogP contribution is 2.39. The first-order chi connectivity index (χ1) is 11.7. The van der Waals surface area contributed by atoms with Crippen molar-refractivity contribution >= 4 is 6.09 Å². The minimum absolute atomic E-state index is 0.00902. The number of ether oxygens (including phenoxy) is 2. The molecule has 0 bridgehead atoms. The van der Waals surface area contributed by atoms with E-state index >= 15 is 0 Å². The largest absolute Gasteiger partial charge is 0.444 e. The number of halogens is 1. The number of carbonyl (C=O) groups is 1. The van der Waals surface area contributed by atoms with Crippen molar-refractivity contribution in [1.29, 1.82) is 0 Å². The van der Waals surface area contributed by atoms with Crippen LogP contribution < -0.4 is 5.32 Å². The van der Waals surface area contributed by atoms with E-state index < -0.39 is 29.0 Å². The van der Waals surface area contributed by atoms with Gasteiger partial charge in [0.2, 0.25) is 0 Å². The monoisotopic (exact) mass is 351 g/mol. The van der Waals surface area contributed by atoms with Crippen LogP contribution in [0.1, 0.15) is 32.8 Å². The lowest BCUT2D eigenvalue weighted by molar-refractivity contribution is -0.0732. The van der Waals surface area contributed by atoms with Crippen LogP contribution in [0, 0.1) is 11.7 Å². The molecular weight excluding hydrogens is 325 g/mol. The first kappa shape index (κ1) is 19.4. The number of benzene rings is 1. The number of rotatable bonds is 4. The molecule has 138 valence electrons. The third-order valence-corrected chi connectivity index (χ3v) is 4.30. The first-order valence-corrected chi connectivity index (χ1v) is 8.33. The van der Waals surface area contributed by atoms with Crippen LogP contribution >= 0.6 is 0 Å². The van der Waals surface area contributed by atoms with Crippen molar-refractivity contribution in [2.45, 2.75) is 44.4 Å². The number of nitrogens with one attached hydrogen (secondary N) is 1. The normalized spacial score (nSPS) is 26.8. The van der Waals surface area contributed by atoms with Gasteiger partial charge in [0.05, 0.1) is 18.2 Å². The van der Waals surface area contributed by atoms with Crippen LogP contribution in [0.2, 0.25) is 0 Å². The molecule has 1 amide bonds. The minimum atomic E-state index is -1.22. The van der Waals surface area contributed by atoms with Gasteiger partial charge in [-0.25, -0.2) is 9.18 Å². The maximum absolute atomic E-state index is 14.5. The molecule has 1 aromatic rings. The molecular formula is C19H26FNO4. The number of alkyl carbamates (subject to hydrolysis) is 1. The van der Waals surface area contributed by atoms with Gasteiger partial charge in [0.1, 0.15) is 11.4 Å². The Morgan fingerprint density at radius 1 is 1.52 bits per heavy atom. The Kier molecular flexibility index (Phi) is 5.85. The maximum Gasteiger partial charge on any atom is 0.408 e. The first-order valence-electron chi connectivity index (χ1n) is 8.33. The van der Waals surface area contributed by atoms with Crippen LogP contribution in [-0.4, -0.2) is 36.1 Å². The SMILES string of the molecule is C=C[C@H]1C[C@@H](CO)[C@](NC(=O)OC(C)(C)C)(c2ccccc2F)CO1. The van der Waals surface area contributed by atoms with Crippen molar-refractivity contribution in [3.63, 3.8) is 0 Å². The van der Waals surface area contributed by atoms with Gasteiger partial charge in [0, 0.05) is 18.1 Å². The van der Waals surface area contributed by atoms with Gasteiger partial charge < -0.3 is 19.9 Å². The van der Waals surface area contributed by atoms with Crippen LogP contribution in [0.15, 0.2) is 36.9 Å². The van der Waals surface area contributed by atoms with Crippen LogP contribution in [0.5, 0.6) is 0 Å². The summed E-state index contributed by atoms with van der Waals surface area (Å²) in [7, 11) is 0. The number of carbonyl (C=O) groups excluding carboxylic acids is 1. The zero-order valence-electron chi connectivity index (χ0n) is 14.9. The van der Waals surface area contributed by atoms with Crippen molar-refractivity contribution in [1.82, 2.24) is 5.32 Å². The van der Waals surface area contributed by atoms with Gasteiger partial charge in [-0.15, -0.1) is 6.58 Å². The molecule has 0 aliphatic carbocycles. The Morgan fingerprint density at radius 3 is 2.76 bits per heavy atom. The summed E-state index contributed by atoms with van der Waals surface area (Å²) in [5, 5.41) is 12.7. The van der Waals surface area contributed by atoms with Crippen molar-refractivity contribution in [3.05, 3.63) is 48.3 Å². The van der Waals surface area contributed by atoms with Crippen molar-refractivity contribution in [2.24, 2.45) is 5.92 Å². The van der Waals surface area contributed by atoms with E-state index in [1.165, 1.54) is 6.07 Å². The highest BCUT2D eigenvalue weighted by molar-refractivity contribution is 5.69. The standard InChI is InChI=1S/C19H26FNO4/c1-5-14-10-13(11-22)19(12-24-14,15-8-6-7-9-16(15)20)21-17(23)25-18(2,3)4/h5-9,13-14,22H,1,10-12H2,2-4H3,(H,21,23)/t13-,14-,19-/m0/s1. The summed E-state index contributed by atoms with van der Waals surface area (Å²) >= 11 is 0. The summed E-state index contributed by atoms with van der Waals surface area (Å²) in [6.45, 7) is 8.72. The van der Waals surface area contributed by atoms with Crippen molar-refractivity contribution < 1.29 is 23.8 Å². The van der Waals surface area contributed by atoms with E-state index in [1.807, 2.05) is 0 Å². The summed E-state index contributed by atoms with van der Waals surface area (Å²) in [5.74, 6) is -0.925. The molecule has 3 atom stereocenters. The van der Waals surface area contributed by atoms with E-state index in [4.69, 9.17) is 9.47 Å². The Morgan fingerprint density at radius 2 is 2.20 bits per heavy atom. The second-order valence-corrected chi connectivity index (χ2v) is 7.28. The second kappa shape index (κ2) is 7.54. The topological polar surface area (TPSA) is 67.8 Å². The molecule has 1 aliphatic rings. The molecule has 0 unspecified atom stereocenters. The molecule has 0 aromatic heterocycles. The number of hydrogen-bond donors (Lipinski definition) is 2. The van der Waals surface area contributed by atoms with Crippen LogP contribution in [0.3, 0.4) is 0 Å². The lowest BCUT2D eigenvalue weighted by Crippen LogP contribution is -2.60. The molecule has 2 rings (SSSR count). The van der Waals surface area contributed by atoms with Gasteiger partial charge >= 0.3 is 6.09 Å². The number of aliphatic hydroxyl groups is 1. The fourth-order valence-electron chi connectivity index (χ4n) is 3.11. The fraction of sp³-hybridized carbons (Fsp3) is 0.526. The Bertz CT molecular complexity index is 628. The molecule has 1 saturated heterocycles. The summed E-state index contributed by atoms with van der Waals surface area (Å²) < 4.78 is 25.6. The van der Waals surface area contributed by atoms with Gasteiger partial charge in [-0.05, 0) is 33.3 Å². The number of amides is 1. The molecule has 0 radical (unpaired) electrons. The molecule has 1 fully saturated rings. The summed E-state index contributed by atoms with van der Waals surface area (Å²) in [5.41, 5.74) is -1.65. The molecule has 2 N–H and O–H groups in total. The zero-order chi connectivity index (χ0) is 18.7. The summed E-state index contributed by atoms with van der Waals surface area (Å²) in [6, 6.07) is 6.17. The Balaban J connectivity index is 2.43. The molecule has 1 aliphatic heterocycles. The van der Waals surface area contributed by atoms with Gasteiger partial charge in [0.25, 0.3) is 0 Å². The van der Waals surface area contributed by atoms with E-state index in [9.17, 15) is 14.3 Å². The van der Waals surface area contributed by atoms with Crippen molar-refractivity contribution in [2.75, 3.05) is 13.2 Å². The molecule has 1 aromatic carbocycles. The summed E-state index contributed by atoms with van der Waals surface area (Å²) in [4.78, 5) is 12.4. The molecule has 1 heterocycles. The molecule has 0 saturated carbocycles. The van der Waals surface area contributed by atoms with Crippen LogP contribution in [0.4, 0.5) is 9.18 Å². The molecule has 6 heteroatoms. The van der Waals surface area contributed by atoms with E-state index in [2.05, 4.69) is 11.9 Å². The number of aliphatic hydroxyl groups excluding tert-OH is 1. The maximum atomic E-state index is 14.5. The van der Waals surface area contributed by atoms with E-state index in [0.717, 1.165) is 0 Å². The predicted molar refractivity (Wildman–Crippen MR) is 92.6 cm³/mol. The van der Waals surface area contributed by atoms with Crippen LogP contribution in [0.25, 0.3) is 0 Å². The Labute approximate surface area is 147 Å². The minimum Gasteiger partial charge on any atom is -0.444 e. The lowest BCUT2D eigenvalue weighted by atomic mass is 9.74. The molecule has 5 nitrogen and oxygen atoms in total. The van der Waals surface area contributed by atoms with E-state index in [1.54, 1.807) is 45.0 Å². The smallest absolute Gasteiger partial charge is 0.408 e. The van der Waals surface area contributed by atoms with Crippen molar-refractivity contribution in [3.8, 4) is 0 Å². The lowest BCUT2D eigenvalue weighted by Gasteiger charge is -2.46. The quantitative estimate of drug-likeness (QED) is 0.818. The summed E-state index contributed by atoms with van der Waals surface area (Å²) in [6.07, 6.45) is 1.10. The zero-order valence-corrected chi connectivity index (χ0v) is 14.9. The highest BCUT2D eigenvalue weighted by Gasteiger charge is 2.48. The third-order valence-electron chi connectivity index (χ3n) is 4.30. The van der Waals surface area contributed by atoms with Gasteiger partial charge in [0.15, 0.2) is 0 Å². The van der Waals surface area contributed by atoms with Gasteiger partial charge in [-0.1, -0.05) is 24.3 Å². The average Bonchev–Trinajstić information content (AvgIpc) is 2.53. The van der Waals surface area contributed by atoms with E-state index in [-0.39, 0.29) is 24.9 Å². The van der Waals surface area contributed by atoms with Gasteiger partial charge in [-0.3, -0.25) is 0 Å². The van der Waals surface area contributed by atoms with Crippen LogP contribution in [-0.2, 0) is 15.0 Å². The van der Waals surface area contributed by atoms with E-state index in [0.29, 0.717) is 6.42 Å². The third kappa shape index (κ3) is 4.38. The predicted octanol–water partition coefficient (Wildman–Crippen LogP) is 3.13. The fourth-order valence-corrected chi connectivity index (χ4v) is 3.11. The molecule has 0 spiro atoms. The van der Waals surface area contributed by atoms with Gasteiger partial charge in [-0.2, -0.15) is 0 Å². The highest BCUT2D eigenvalue weighted by atomic mass is 19.1. The number of hydrogen-bond acceptors (Lipinski definition) is 4. The second-order valence-electron chi connectivity index (χ2n) is 7.28.